The Kier molecular flexibility index (Phi) is 3.19. The SMILES string of the molecule is CC1Cc2c(C=O)c(O)c3cc(N=[N+]=[N-])ccc3c2C(=O)O1. The minimum Gasteiger partial charge on any atom is -0.507 e. The van der Waals surface area contributed by atoms with Crippen LogP contribution < -0.4 is 0 Å². The second-order valence-corrected chi connectivity index (χ2v) is 5.07. The predicted octanol–water partition coefficient (Wildman–Crippen LogP) is 3.40. The summed E-state index contributed by atoms with van der Waals surface area (Å²) < 4.78 is 5.22. The lowest BCUT2D eigenvalue weighted by Crippen LogP contribution is -2.26. The van der Waals surface area contributed by atoms with E-state index in [9.17, 15) is 14.7 Å². The Balaban J connectivity index is 2.44. The fourth-order valence-corrected chi connectivity index (χ4v) is 2.79. The van der Waals surface area contributed by atoms with Gasteiger partial charge >= 0.3 is 5.97 Å². The molecule has 2 aromatic rings. The number of fused-ring (bicyclic) bond motifs is 3. The van der Waals surface area contributed by atoms with Crippen LogP contribution in [0, 0.1) is 0 Å². The van der Waals surface area contributed by atoms with Crippen molar-refractivity contribution in [1.29, 1.82) is 0 Å². The van der Waals surface area contributed by atoms with Crippen LogP contribution in [0.15, 0.2) is 23.3 Å². The summed E-state index contributed by atoms with van der Waals surface area (Å²) in [4.78, 5) is 26.3. The van der Waals surface area contributed by atoms with Gasteiger partial charge in [0.15, 0.2) is 6.29 Å². The molecule has 0 saturated carbocycles. The predicted molar refractivity (Wildman–Crippen MR) is 78.4 cm³/mol. The topological polar surface area (TPSA) is 112 Å². The van der Waals surface area contributed by atoms with Gasteiger partial charge < -0.3 is 9.84 Å². The monoisotopic (exact) mass is 297 g/mol. The van der Waals surface area contributed by atoms with Crippen LogP contribution in [0.1, 0.15) is 33.2 Å². The van der Waals surface area contributed by atoms with Crippen LogP contribution >= 0.6 is 0 Å². The summed E-state index contributed by atoms with van der Waals surface area (Å²) >= 11 is 0. The second-order valence-electron chi connectivity index (χ2n) is 5.07. The van der Waals surface area contributed by atoms with E-state index in [1.807, 2.05) is 0 Å². The van der Waals surface area contributed by atoms with Gasteiger partial charge in [0.25, 0.3) is 0 Å². The molecule has 2 aromatic carbocycles. The Morgan fingerprint density at radius 2 is 2.23 bits per heavy atom. The largest absolute Gasteiger partial charge is 0.507 e. The van der Waals surface area contributed by atoms with Crippen molar-refractivity contribution in [2.75, 3.05) is 0 Å². The highest BCUT2D eigenvalue weighted by Gasteiger charge is 2.30. The molecule has 1 N–H and O–H groups in total. The first-order chi connectivity index (χ1) is 10.6. The molecule has 1 aliphatic rings. The lowest BCUT2D eigenvalue weighted by Gasteiger charge is -2.25. The Bertz CT molecular complexity index is 869. The molecule has 0 fully saturated rings. The zero-order valence-corrected chi connectivity index (χ0v) is 11.6. The zero-order valence-electron chi connectivity index (χ0n) is 11.6. The van der Waals surface area contributed by atoms with Crippen molar-refractivity contribution in [2.24, 2.45) is 5.11 Å². The maximum Gasteiger partial charge on any atom is 0.339 e. The van der Waals surface area contributed by atoms with Crippen molar-refractivity contribution in [1.82, 2.24) is 0 Å². The molecule has 110 valence electrons. The van der Waals surface area contributed by atoms with E-state index in [1.54, 1.807) is 13.0 Å². The summed E-state index contributed by atoms with van der Waals surface area (Å²) in [6.07, 6.45) is 0.522. The summed E-state index contributed by atoms with van der Waals surface area (Å²) in [5, 5.41) is 14.6. The number of nitrogens with zero attached hydrogens (tertiary/aromatic N) is 3. The molecule has 0 saturated heterocycles. The van der Waals surface area contributed by atoms with Crippen LogP contribution in [0.3, 0.4) is 0 Å². The summed E-state index contributed by atoms with van der Waals surface area (Å²) in [5.41, 5.74) is 9.61. The first-order valence-electron chi connectivity index (χ1n) is 6.59. The lowest BCUT2D eigenvalue weighted by molar-refractivity contribution is 0.0304. The summed E-state index contributed by atoms with van der Waals surface area (Å²) in [5.74, 6) is -0.751. The Hall–Kier alpha value is -3.05. The molecule has 0 aromatic heterocycles. The molecule has 1 aliphatic heterocycles. The van der Waals surface area contributed by atoms with E-state index in [2.05, 4.69) is 10.0 Å². The fraction of sp³-hybridized carbons (Fsp3) is 0.200. The standard InChI is InChI=1S/C15H11N3O4/c1-7-4-10-12(6-19)14(20)11-5-8(17-18-16)2-3-9(11)13(10)15(21)22-7/h2-3,5-7,20H,4H2,1H3. The van der Waals surface area contributed by atoms with Crippen molar-refractivity contribution >= 4 is 28.7 Å². The molecule has 1 heterocycles. The minimum atomic E-state index is -0.529. The molecule has 3 rings (SSSR count). The molecule has 0 aliphatic carbocycles. The van der Waals surface area contributed by atoms with E-state index >= 15 is 0 Å². The van der Waals surface area contributed by atoms with Crippen molar-refractivity contribution < 1.29 is 19.4 Å². The Morgan fingerprint density at radius 3 is 2.91 bits per heavy atom. The molecule has 22 heavy (non-hydrogen) atoms. The highest BCUT2D eigenvalue weighted by molar-refractivity contribution is 6.12. The van der Waals surface area contributed by atoms with E-state index in [0.29, 0.717) is 23.7 Å². The molecule has 0 amide bonds. The Morgan fingerprint density at radius 1 is 1.45 bits per heavy atom. The molecule has 1 atom stereocenters. The number of phenolic OH excluding ortho intramolecular Hbond substituents is 1. The van der Waals surface area contributed by atoms with Gasteiger partial charge in [0.05, 0.1) is 11.1 Å². The lowest BCUT2D eigenvalue weighted by atomic mass is 9.88. The van der Waals surface area contributed by atoms with Gasteiger partial charge in [-0.05, 0) is 24.1 Å². The summed E-state index contributed by atoms with van der Waals surface area (Å²) in [6.45, 7) is 1.72. The number of azide groups is 1. The molecular formula is C15H11N3O4. The smallest absolute Gasteiger partial charge is 0.339 e. The number of carbonyl (C=O) groups excluding carboxylic acids is 2. The quantitative estimate of drug-likeness (QED) is 0.301. The number of ether oxygens (including phenoxy) is 1. The van der Waals surface area contributed by atoms with Gasteiger partial charge in [0.1, 0.15) is 11.9 Å². The number of phenols is 1. The summed E-state index contributed by atoms with van der Waals surface area (Å²) in [6, 6.07) is 4.54. The number of carbonyl (C=O) groups is 2. The highest BCUT2D eigenvalue weighted by atomic mass is 16.5. The van der Waals surface area contributed by atoms with Crippen LogP contribution in [-0.2, 0) is 11.2 Å². The van der Waals surface area contributed by atoms with Crippen molar-refractivity contribution in [3.8, 4) is 5.75 Å². The van der Waals surface area contributed by atoms with Crippen LogP contribution in [0.25, 0.3) is 21.2 Å². The van der Waals surface area contributed by atoms with E-state index in [1.165, 1.54) is 12.1 Å². The first-order valence-corrected chi connectivity index (χ1v) is 6.59. The van der Waals surface area contributed by atoms with Crippen LogP contribution in [0.2, 0.25) is 0 Å². The molecule has 1 unspecified atom stereocenters. The molecule has 0 spiro atoms. The number of aldehydes is 1. The average Bonchev–Trinajstić information content (AvgIpc) is 2.48. The van der Waals surface area contributed by atoms with Crippen molar-refractivity contribution in [3.63, 3.8) is 0 Å². The summed E-state index contributed by atoms with van der Waals surface area (Å²) in [7, 11) is 0. The third-order valence-corrected chi connectivity index (χ3v) is 3.69. The number of aromatic hydroxyl groups is 1. The third kappa shape index (κ3) is 1.96. The molecule has 7 nitrogen and oxygen atoms in total. The van der Waals surface area contributed by atoms with Gasteiger partial charge in [-0.25, -0.2) is 4.79 Å². The van der Waals surface area contributed by atoms with Gasteiger partial charge in [-0.15, -0.1) is 0 Å². The number of benzene rings is 2. The second kappa shape index (κ2) is 5.05. The molecule has 7 heteroatoms. The van der Waals surface area contributed by atoms with Gasteiger partial charge in [0, 0.05) is 27.8 Å². The van der Waals surface area contributed by atoms with Gasteiger partial charge in [-0.2, -0.15) is 0 Å². The van der Waals surface area contributed by atoms with E-state index in [0.717, 1.165) is 0 Å². The van der Waals surface area contributed by atoms with Crippen molar-refractivity contribution in [3.05, 3.63) is 45.3 Å². The van der Waals surface area contributed by atoms with E-state index < -0.39 is 5.97 Å². The Labute approximate surface area is 124 Å². The van der Waals surface area contributed by atoms with Crippen LogP contribution in [0.5, 0.6) is 5.75 Å². The number of rotatable bonds is 2. The third-order valence-electron chi connectivity index (χ3n) is 3.69. The molecule has 0 radical (unpaired) electrons. The number of esters is 1. The molecular weight excluding hydrogens is 286 g/mol. The normalized spacial score (nSPS) is 16.6. The number of cyclic esters (lactones) is 1. The highest BCUT2D eigenvalue weighted by Crippen LogP contribution is 2.39. The fourth-order valence-electron chi connectivity index (χ4n) is 2.79. The number of hydrogen-bond donors (Lipinski definition) is 1. The van der Waals surface area contributed by atoms with Crippen LogP contribution in [0.4, 0.5) is 5.69 Å². The number of hydrogen-bond acceptors (Lipinski definition) is 5. The van der Waals surface area contributed by atoms with E-state index in [4.69, 9.17) is 10.3 Å². The van der Waals surface area contributed by atoms with Crippen molar-refractivity contribution in [2.45, 2.75) is 19.4 Å². The van der Waals surface area contributed by atoms with Gasteiger partial charge in [0.2, 0.25) is 0 Å². The van der Waals surface area contributed by atoms with Crippen LogP contribution in [-0.4, -0.2) is 23.5 Å². The minimum absolute atomic E-state index is 0.0732. The van der Waals surface area contributed by atoms with E-state index in [-0.39, 0.29) is 34.1 Å². The maximum absolute atomic E-state index is 12.2. The molecule has 0 bridgehead atoms. The first kappa shape index (κ1) is 13.9. The van der Waals surface area contributed by atoms with Gasteiger partial charge in [-0.3, -0.25) is 4.79 Å². The van der Waals surface area contributed by atoms with Gasteiger partial charge in [-0.1, -0.05) is 17.2 Å². The maximum atomic E-state index is 12.2. The zero-order chi connectivity index (χ0) is 15.9. The average molecular weight is 297 g/mol.